The zero-order valence-corrected chi connectivity index (χ0v) is 19.5. The molecule has 3 aromatic carbocycles. The van der Waals surface area contributed by atoms with Crippen LogP contribution >= 0.6 is 35.4 Å². The number of thiocarbonyl (C=S) groups is 1. The summed E-state index contributed by atoms with van der Waals surface area (Å²) in [5, 5.41) is 8.66. The van der Waals surface area contributed by atoms with Gasteiger partial charge in [0, 0.05) is 0 Å². The van der Waals surface area contributed by atoms with Crippen LogP contribution in [0.25, 0.3) is 0 Å². The van der Waals surface area contributed by atoms with Crippen LogP contribution in [0.1, 0.15) is 0 Å². The van der Waals surface area contributed by atoms with Crippen LogP contribution in [-0.2, 0) is 9.59 Å². The molecule has 0 aromatic heterocycles. The molecule has 0 radical (unpaired) electrons. The first kappa shape index (κ1) is 22.8. The van der Waals surface area contributed by atoms with Crippen molar-refractivity contribution in [3.05, 3.63) is 82.8 Å². The van der Waals surface area contributed by atoms with Gasteiger partial charge in [0.25, 0.3) is 11.8 Å². The Morgan fingerprint density at radius 2 is 1.36 bits per heavy atom. The molecule has 1 aliphatic heterocycles. The molecule has 3 aromatic rings. The van der Waals surface area contributed by atoms with E-state index in [1.54, 1.807) is 72.8 Å². The highest BCUT2D eigenvalue weighted by Gasteiger charge is 2.46. The van der Waals surface area contributed by atoms with Gasteiger partial charge in [-0.1, -0.05) is 59.6 Å². The predicted octanol–water partition coefficient (Wildman–Crippen LogP) is 5.82. The van der Waals surface area contributed by atoms with E-state index in [0.717, 1.165) is 0 Å². The van der Waals surface area contributed by atoms with Crippen LogP contribution in [0.3, 0.4) is 0 Å². The lowest BCUT2D eigenvalue weighted by Gasteiger charge is -2.38. The number of halogens is 2. The third-order valence-corrected chi connectivity index (χ3v) is 5.85. The number of carbonyl (C=O) groups excluding carboxylic acids is 2. The molecule has 0 N–H and O–H groups in total. The topological polar surface area (TPSA) is 74.6 Å². The number of amides is 2. The van der Waals surface area contributed by atoms with E-state index < -0.39 is 17.9 Å². The number of ether oxygens (including phenoxy) is 1. The molecule has 7 nitrogen and oxygen atoms in total. The van der Waals surface area contributed by atoms with E-state index in [1.807, 2.05) is 0 Å². The molecule has 1 aliphatic rings. The first-order valence-corrected chi connectivity index (χ1v) is 10.8. The highest BCUT2D eigenvalue weighted by Crippen LogP contribution is 2.36. The lowest BCUT2D eigenvalue weighted by Crippen LogP contribution is -2.62. The molecular weight excluding hydrogens is 483 g/mol. The molecule has 0 aliphatic carbocycles. The first-order chi connectivity index (χ1) is 15.9. The Hall–Kier alpha value is -3.33. The maximum absolute atomic E-state index is 13.5. The summed E-state index contributed by atoms with van der Waals surface area (Å²) < 4.78 is 5.41. The van der Waals surface area contributed by atoms with Crippen molar-refractivity contribution in [2.75, 3.05) is 16.9 Å². The van der Waals surface area contributed by atoms with Gasteiger partial charge in [-0.25, -0.2) is 0 Å². The summed E-state index contributed by atoms with van der Waals surface area (Å²) in [6.45, 7) is 0. The zero-order chi connectivity index (χ0) is 23.5. The van der Waals surface area contributed by atoms with E-state index in [1.165, 1.54) is 16.9 Å². The molecule has 4 rings (SSSR count). The van der Waals surface area contributed by atoms with Gasteiger partial charge >= 0.3 is 0 Å². The van der Waals surface area contributed by atoms with Gasteiger partial charge in [-0.15, -0.1) is 0 Å². The summed E-state index contributed by atoms with van der Waals surface area (Å²) in [5.74, 6) is -0.961. The molecule has 1 unspecified atom stereocenters. The lowest BCUT2D eigenvalue weighted by molar-refractivity contribution is -0.128. The van der Waals surface area contributed by atoms with Crippen LogP contribution in [0.5, 0.6) is 5.75 Å². The first-order valence-electron chi connectivity index (χ1n) is 9.69. The molecule has 0 bridgehead atoms. The summed E-state index contributed by atoms with van der Waals surface area (Å²) >= 11 is 18.1. The van der Waals surface area contributed by atoms with Crippen molar-refractivity contribution in [3.8, 4) is 5.75 Å². The van der Waals surface area contributed by atoms with Crippen LogP contribution in [0.15, 0.2) is 83.0 Å². The maximum Gasteiger partial charge on any atom is 0.270 e. The molecule has 10 heteroatoms. The largest absolute Gasteiger partial charge is 0.495 e. The Balaban J connectivity index is 1.85. The van der Waals surface area contributed by atoms with E-state index in [2.05, 4.69) is 10.2 Å². The summed E-state index contributed by atoms with van der Waals surface area (Å²) in [4.78, 5) is 29.3. The van der Waals surface area contributed by atoms with Gasteiger partial charge in [-0.2, -0.15) is 10.2 Å². The van der Waals surface area contributed by atoms with Crippen molar-refractivity contribution in [2.45, 2.75) is 6.04 Å². The van der Waals surface area contributed by atoms with Gasteiger partial charge < -0.3 is 4.74 Å². The Morgan fingerprint density at radius 1 is 0.818 bits per heavy atom. The van der Waals surface area contributed by atoms with Crippen LogP contribution in [0.2, 0.25) is 10.0 Å². The van der Waals surface area contributed by atoms with Gasteiger partial charge in [0.2, 0.25) is 6.04 Å². The molecule has 0 saturated carbocycles. The fourth-order valence-corrected chi connectivity index (χ4v) is 4.05. The molecule has 1 heterocycles. The number of nitrogens with zero attached hydrogens (tertiary/aromatic N) is 4. The Morgan fingerprint density at radius 3 is 2.00 bits per heavy atom. The van der Waals surface area contributed by atoms with Gasteiger partial charge in [0.05, 0.1) is 28.5 Å². The number of hydrogen-bond acceptors (Lipinski definition) is 6. The van der Waals surface area contributed by atoms with Gasteiger partial charge in [0.15, 0.2) is 5.11 Å². The number of benzene rings is 3. The van der Waals surface area contributed by atoms with Crippen LogP contribution in [-0.4, -0.2) is 30.1 Å². The Kier molecular flexibility index (Phi) is 6.69. The number of para-hydroxylation sites is 3. The van der Waals surface area contributed by atoms with E-state index in [4.69, 9.17) is 40.2 Å². The van der Waals surface area contributed by atoms with Gasteiger partial charge in [-0.3, -0.25) is 19.4 Å². The number of anilines is 2. The molecule has 0 spiro atoms. The average molecular weight is 499 g/mol. The van der Waals surface area contributed by atoms with Crippen molar-refractivity contribution < 1.29 is 14.3 Å². The van der Waals surface area contributed by atoms with E-state index in [9.17, 15) is 9.59 Å². The third-order valence-electron chi connectivity index (χ3n) is 4.84. The fraction of sp³-hybridized carbons (Fsp3) is 0.0870. The van der Waals surface area contributed by atoms with Crippen molar-refractivity contribution in [1.29, 1.82) is 0 Å². The van der Waals surface area contributed by atoms with Gasteiger partial charge in [-0.05, 0) is 48.6 Å². The standard InChI is InChI=1S/C23H16Cl2N4O3S/c1-32-19-13-7-6-12-18(19)29-22(31)20(27-26-16-10-4-2-8-14(16)24)21(30)28(23(29)33)17-11-5-3-9-15(17)25/h2-13,20H,1H3. The minimum Gasteiger partial charge on any atom is -0.495 e. The van der Waals surface area contributed by atoms with E-state index in [-0.39, 0.29) is 10.1 Å². The number of methoxy groups -OCH3 is 1. The third kappa shape index (κ3) is 4.32. The Bertz CT molecular complexity index is 1280. The summed E-state index contributed by atoms with van der Waals surface area (Å²) in [5.41, 5.74) is 0.998. The minimum absolute atomic E-state index is 0.0770. The molecule has 1 saturated heterocycles. The summed E-state index contributed by atoms with van der Waals surface area (Å²) in [6, 6.07) is 18.7. The van der Waals surface area contributed by atoms with E-state index in [0.29, 0.717) is 27.8 Å². The number of carbonyl (C=O) groups is 2. The average Bonchev–Trinajstić information content (AvgIpc) is 2.81. The molecule has 2 amide bonds. The second-order valence-corrected chi connectivity index (χ2v) is 8.00. The quantitative estimate of drug-likeness (QED) is 0.252. The second kappa shape index (κ2) is 9.66. The normalized spacial score (nSPS) is 16.6. The fourth-order valence-electron chi connectivity index (χ4n) is 3.28. The lowest BCUT2D eigenvalue weighted by atomic mass is 10.1. The minimum atomic E-state index is -1.52. The van der Waals surface area contributed by atoms with Crippen molar-refractivity contribution in [2.24, 2.45) is 10.2 Å². The molecule has 1 fully saturated rings. The van der Waals surface area contributed by atoms with Crippen molar-refractivity contribution in [1.82, 2.24) is 0 Å². The van der Waals surface area contributed by atoms with Crippen LogP contribution < -0.4 is 14.5 Å². The zero-order valence-electron chi connectivity index (χ0n) is 17.2. The number of hydrogen-bond donors (Lipinski definition) is 0. The predicted molar refractivity (Wildman–Crippen MR) is 132 cm³/mol. The SMILES string of the molecule is COc1ccccc1N1C(=O)C(N=Nc2ccccc2Cl)C(=O)N(c2ccccc2Cl)C1=S. The molecule has 166 valence electrons. The summed E-state index contributed by atoms with van der Waals surface area (Å²) in [6.07, 6.45) is 0. The Labute approximate surface area is 205 Å². The smallest absolute Gasteiger partial charge is 0.270 e. The number of rotatable bonds is 5. The molecular formula is C23H16Cl2N4O3S. The van der Waals surface area contributed by atoms with E-state index >= 15 is 0 Å². The van der Waals surface area contributed by atoms with Crippen LogP contribution in [0.4, 0.5) is 17.1 Å². The highest BCUT2D eigenvalue weighted by molar-refractivity contribution is 7.81. The maximum atomic E-state index is 13.5. The second-order valence-electron chi connectivity index (χ2n) is 6.82. The monoisotopic (exact) mass is 498 g/mol. The number of azo groups is 1. The molecule has 33 heavy (non-hydrogen) atoms. The van der Waals surface area contributed by atoms with Crippen molar-refractivity contribution >= 4 is 69.4 Å². The summed E-state index contributed by atoms with van der Waals surface area (Å²) in [7, 11) is 1.47. The molecule has 1 atom stereocenters. The highest BCUT2D eigenvalue weighted by atomic mass is 35.5. The van der Waals surface area contributed by atoms with Crippen molar-refractivity contribution in [3.63, 3.8) is 0 Å². The van der Waals surface area contributed by atoms with Gasteiger partial charge in [0.1, 0.15) is 11.4 Å². The van der Waals surface area contributed by atoms with Crippen LogP contribution in [0, 0.1) is 0 Å².